The molecule has 0 aromatic carbocycles. The Morgan fingerprint density at radius 3 is 2.55 bits per heavy atom. The van der Waals surface area contributed by atoms with Crippen molar-refractivity contribution in [3.63, 3.8) is 0 Å². The number of hydrogen-bond donors (Lipinski definition) is 2. The second-order valence-electron chi connectivity index (χ2n) is 1.60. The minimum absolute atomic E-state index is 0.00630. The van der Waals surface area contributed by atoms with E-state index in [1.165, 1.54) is 7.05 Å². The molecule has 0 bridgehead atoms. The van der Waals surface area contributed by atoms with Gasteiger partial charge in [0.2, 0.25) is 0 Å². The molecule has 0 fully saturated rings. The molecule has 0 aromatic rings. The highest BCUT2D eigenvalue weighted by Gasteiger charge is 1.98. The molecule has 6 nitrogen and oxygen atoms in total. The van der Waals surface area contributed by atoms with E-state index in [1.54, 1.807) is 0 Å². The molecule has 63 valence electrons. The number of ether oxygens (including phenoxy) is 1. The molecule has 0 saturated carbocycles. The summed E-state index contributed by atoms with van der Waals surface area (Å²) in [5.41, 5.74) is 0. The predicted octanol–water partition coefficient (Wildman–Crippen LogP) is -0.518. The summed E-state index contributed by atoms with van der Waals surface area (Å²) < 4.78 is 4.44. The van der Waals surface area contributed by atoms with Crippen molar-refractivity contribution in [3.8, 4) is 0 Å². The second kappa shape index (κ2) is 5.33. The van der Waals surface area contributed by atoms with Gasteiger partial charge in [-0.1, -0.05) is 0 Å². The van der Waals surface area contributed by atoms with Crippen molar-refractivity contribution < 1.29 is 19.4 Å². The third-order valence-corrected chi connectivity index (χ3v) is 0.809. The minimum Gasteiger partial charge on any atom is -0.448 e. The van der Waals surface area contributed by atoms with Crippen LogP contribution in [0.2, 0.25) is 0 Å². The first-order chi connectivity index (χ1) is 5.16. The van der Waals surface area contributed by atoms with Gasteiger partial charge in [-0.05, 0) is 0 Å². The molecule has 0 rings (SSSR count). The maximum atomic E-state index is 10.3. The maximum absolute atomic E-state index is 10.3. The van der Waals surface area contributed by atoms with Gasteiger partial charge in [-0.25, -0.2) is 14.7 Å². The maximum Gasteiger partial charge on any atom is 0.450 e. The molecule has 0 aromatic heterocycles. The van der Waals surface area contributed by atoms with E-state index in [-0.39, 0.29) is 13.2 Å². The number of alkyl carbamates (subject to hydrolysis) is 1. The van der Waals surface area contributed by atoms with Gasteiger partial charge in [0.05, 0.1) is 6.54 Å². The molecule has 2 N–H and O–H groups in total. The van der Waals surface area contributed by atoms with E-state index in [4.69, 9.17) is 0 Å². The summed E-state index contributed by atoms with van der Waals surface area (Å²) in [6.07, 6.45) is -1.98. The Morgan fingerprint density at radius 2 is 2.09 bits per heavy atom. The molecule has 1 radical (unpaired) electrons. The number of carbonyl (C=O) groups is 2. The lowest BCUT2D eigenvalue weighted by Crippen LogP contribution is -2.28. The van der Waals surface area contributed by atoms with Crippen LogP contribution < -0.4 is 10.6 Å². The van der Waals surface area contributed by atoms with Crippen molar-refractivity contribution >= 4 is 12.2 Å². The van der Waals surface area contributed by atoms with Crippen molar-refractivity contribution in [1.82, 2.24) is 10.6 Å². The summed E-state index contributed by atoms with van der Waals surface area (Å²) in [6.45, 7) is 0.0312. The smallest absolute Gasteiger partial charge is 0.448 e. The predicted molar refractivity (Wildman–Crippen MR) is 34.5 cm³/mol. The Labute approximate surface area is 63.5 Å². The van der Waals surface area contributed by atoms with Crippen LogP contribution in [0, 0.1) is 0 Å². The van der Waals surface area contributed by atoms with Gasteiger partial charge in [-0.15, -0.1) is 0 Å². The lowest BCUT2D eigenvalue weighted by atomic mass is 10.7. The normalized spacial score (nSPS) is 8.45. The van der Waals surface area contributed by atoms with Gasteiger partial charge >= 0.3 is 12.2 Å². The molecule has 6 heteroatoms. The fourth-order valence-electron chi connectivity index (χ4n) is 0.369. The van der Waals surface area contributed by atoms with Crippen molar-refractivity contribution in [2.45, 2.75) is 0 Å². The van der Waals surface area contributed by atoms with Crippen LogP contribution in [0.3, 0.4) is 0 Å². The third-order valence-electron chi connectivity index (χ3n) is 0.809. The first-order valence-electron chi connectivity index (χ1n) is 2.96. The van der Waals surface area contributed by atoms with Crippen LogP contribution in [0.4, 0.5) is 9.59 Å². The lowest BCUT2D eigenvalue weighted by Gasteiger charge is -2.01. The number of carbonyl (C=O) groups excluding carboxylic acids is 2. The Balaban J connectivity index is 3.14. The van der Waals surface area contributed by atoms with E-state index < -0.39 is 12.2 Å². The monoisotopic (exact) mass is 161 g/mol. The zero-order valence-electron chi connectivity index (χ0n) is 6.05. The summed E-state index contributed by atoms with van der Waals surface area (Å²) in [7, 11) is 1.41. The van der Waals surface area contributed by atoms with Crippen LogP contribution in [0.1, 0.15) is 0 Å². The Hall–Kier alpha value is -1.46. The summed E-state index contributed by atoms with van der Waals surface area (Å²) in [5, 5.41) is 13.9. The van der Waals surface area contributed by atoms with E-state index in [9.17, 15) is 14.7 Å². The van der Waals surface area contributed by atoms with Crippen LogP contribution in [0.25, 0.3) is 0 Å². The van der Waals surface area contributed by atoms with Crippen LogP contribution in [0.15, 0.2) is 0 Å². The number of rotatable bonds is 3. The lowest BCUT2D eigenvalue weighted by molar-refractivity contribution is 0.141. The van der Waals surface area contributed by atoms with Gasteiger partial charge in [0.15, 0.2) is 0 Å². The van der Waals surface area contributed by atoms with E-state index >= 15 is 0 Å². The summed E-state index contributed by atoms with van der Waals surface area (Å²) in [6, 6.07) is 0. The first kappa shape index (κ1) is 9.54. The average Bonchev–Trinajstić information content (AvgIpc) is 1.97. The van der Waals surface area contributed by atoms with Crippen LogP contribution in [-0.4, -0.2) is 32.4 Å². The Kier molecular flexibility index (Phi) is 4.63. The summed E-state index contributed by atoms with van der Waals surface area (Å²) in [5.74, 6) is 0. The topological polar surface area (TPSA) is 87.3 Å². The van der Waals surface area contributed by atoms with Crippen LogP contribution in [-0.2, 0) is 9.84 Å². The van der Waals surface area contributed by atoms with Crippen LogP contribution >= 0.6 is 0 Å². The molecule has 0 atom stereocenters. The Bertz CT molecular complexity index is 147. The van der Waals surface area contributed by atoms with E-state index in [1.807, 2.05) is 5.32 Å². The van der Waals surface area contributed by atoms with Gasteiger partial charge in [0.1, 0.15) is 6.61 Å². The van der Waals surface area contributed by atoms with Gasteiger partial charge in [0.25, 0.3) is 0 Å². The number of nitrogens with one attached hydrogen (secondary N) is 2. The molecule has 0 saturated heterocycles. The molecular weight excluding hydrogens is 152 g/mol. The largest absolute Gasteiger partial charge is 0.450 e. The van der Waals surface area contributed by atoms with Gasteiger partial charge in [-0.2, -0.15) is 0 Å². The number of amides is 2. The van der Waals surface area contributed by atoms with Gasteiger partial charge < -0.3 is 15.4 Å². The molecule has 0 aliphatic heterocycles. The highest BCUT2D eigenvalue weighted by atomic mass is 16.5. The Morgan fingerprint density at radius 1 is 1.45 bits per heavy atom. The average molecular weight is 161 g/mol. The summed E-state index contributed by atoms with van der Waals surface area (Å²) >= 11 is 0. The van der Waals surface area contributed by atoms with Crippen molar-refractivity contribution in [1.29, 1.82) is 0 Å². The molecule has 2 amide bonds. The SMILES string of the molecule is CNC(=O)OCCNC([O])=O. The molecular formula is C5H9N2O4. The second-order valence-corrected chi connectivity index (χ2v) is 1.60. The molecule has 11 heavy (non-hydrogen) atoms. The van der Waals surface area contributed by atoms with E-state index in [2.05, 4.69) is 10.1 Å². The fourth-order valence-corrected chi connectivity index (χ4v) is 0.369. The van der Waals surface area contributed by atoms with E-state index in [0.717, 1.165) is 0 Å². The molecule has 0 unspecified atom stereocenters. The zero-order chi connectivity index (χ0) is 8.69. The standard InChI is InChI=1S/C5H9N2O4/c1-6-5(10)11-3-2-7-4(8)9/h7H,2-3H2,1H3,(H,6,10). The minimum atomic E-state index is -1.38. The van der Waals surface area contributed by atoms with Gasteiger partial charge in [0, 0.05) is 7.05 Å². The van der Waals surface area contributed by atoms with Crippen molar-refractivity contribution in [2.75, 3.05) is 20.2 Å². The highest BCUT2D eigenvalue weighted by Crippen LogP contribution is 1.73. The highest BCUT2D eigenvalue weighted by molar-refractivity contribution is 5.66. The zero-order valence-corrected chi connectivity index (χ0v) is 6.05. The van der Waals surface area contributed by atoms with Crippen LogP contribution in [0.5, 0.6) is 0 Å². The quantitative estimate of drug-likeness (QED) is 0.546. The molecule has 0 aliphatic carbocycles. The number of hydrogen-bond acceptors (Lipinski definition) is 3. The van der Waals surface area contributed by atoms with E-state index in [0.29, 0.717) is 0 Å². The van der Waals surface area contributed by atoms with Gasteiger partial charge in [-0.3, -0.25) is 0 Å². The summed E-state index contributed by atoms with van der Waals surface area (Å²) in [4.78, 5) is 20.1. The third kappa shape index (κ3) is 6.42. The fraction of sp³-hybridized carbons (Fsp3) is 0.600. The van der Waals surface area contributed by atoms with Crippen molar-refractivity contribution in [3.05, 3.63) is 0 Å². The molecule has 0 aliphatic rings. The molecule has 0 spiro atoms. The first-order valence-corrected chi connectivity index (χ1v) is 2.96. The van der Waals surface area contributed by atoms with Crippen molar-refractivity contribution in [2.24, 2.45) is 0 Å². The molecule has 0 heterocycles.